The summed E-state index contributed by atoms with van der Waals surface area (Å²) in [6, 6.07) is 11.8. The number of ether oxygens (including phenoxy) is 2. The summed E-state index contributed by atoms with van der Waals surface area (Å²) >= 11 is 4.70. The van der Waals surface area contributed by atoms with Gasteiger partial charge in [-0.15, -0.1) is 11.8 Å². The molecule has 0 unspecified atom stereocenters. The lowest BCUT2D eigenvalue weighted by molar-refractivity contribution is -0.113. The predicted octanol–water partition coefficient (Wildman–Crippen LogP) is 3.75. The van der Waals surface area contributed by atoms with E-state index in [9.17, 15) is 14.4 Å². The van der Waals surface area contributed by atoms with Crippen molar-refractivity contribution in [2.24, 2.45) is 0 Å². The van der Waals surface area contributed by atoms with Gasteiger partial charge in [-0.1, -0.05) is 15.9 Å². The van der Waals surface area contributed by atoms with E-state index in [1.807, 2.05) is 24.3 Å². The number of esters is 2. The molecule has 8 heteroatoms. The van der Waals surface area contributed by atoms with E-state index in [4.69, 9.17) is 4.74 Å². The number of benzene rings is 2. The zero-order valence-electron chi connectivity index (χ0n) is 14.1. The number of hydrogen-bond donors (Lipinski definition) is 1. The highest BCUT2D eigenvalue weighted by Crippen LogP contribution is 2.23. The first-order valence-corrected chi connectivity index (χ1v) is 9.21. The SMILES string of the molecule is COC(=O)c1ccc(C(=O)OC)c(NC(=O)CSc2ccc(Br)cc2)c1. The van der Waals surface area contributed by atoms with Crippen LogP contribution < -0.4 is 5.32 Å². The molecule has 0 heterocycles. The molecule has 2 aromatic carbocycles. The Morgan fingerprint density at radius 3 is 2.27 bits per heavy atom. The molecule has 0 saturated heterocycles. The number of carbonyl (C=O) groups excluding carboxylic acids is 3. The molecule has 0 aromatic heterocycles. The molecule has 136 valence electrons. The molecule has 26 heavy (non-hydrogen) atoms. The van der Waals surface area contributed by atoms with E-state index in [0.717, 1.165) is 9.37 Å². The predicted molar refractivity (Wildman–Crippen MR) is 103 cm³/mol. The summed E-state index contributed by atoms with van der Waals surface area (Å²) in [4.78, 5) is 36.7. The van der Waals surface area contributed by atoms with Crippen LogP contribution in [0.2, 0.25) is 0 Å². The van der Waals surface area contributed by atoms with Gasteiger partial charge in [0.05, 0.1) is 36.8 Å². The van der Waals surface area contributed by atoms with Crippen LogP contribution in [0, 0.1) is 0 Å². The maximum Gasteiger partial charge on any atom is 0.339 e. The molecule has 0 spiro atoms. The lowest BCUT2D eigenvalue weighted by atomic mass is 10.1. The second-order valence-electron chi connectivity index (χ2n) is 5.03. The Hall–Kier alpha value is -2.32. The van der Waals surface area contributed by atoms with Gasteiger partial charge in [0.1, 0.15) is 0 Å². The first kappa shape index (κ1) is 20.0. The summed E-state index contributed by atoms with van der Waals surface area (Å²) in [6.07, 6.45) is 0. The summed E-state index contributed by atoms with van der Waals surface area (Å²) in [5.41, 5.74) is 0.569. The highest BCUT2D eigenvalue weighted by Gasteiger charge is 2.17. The van der Waals surface area contributed by atoms with E-state index >= 15 is 0 Å². The van der Waals surface area contributed by atoms with E-state index in [2.05, 4.69) is 26.0 Å². The number of thioether (sulfide) groups is 1. The third-order valence-electron chi connectivity index (χ3n) is 3.30. The lowest BCUT2D eigenvalue weighted by Crippen LogP contribution is -2.18. The van der Waals surface area contributed by atoms with Crippen LogP contribution >= 0.6 is 27.7 Å². The fourth-order valence-electron chi connectivity index (χ4n) is 2.05. The fourth-order valence-corrected chi connectivity index (χ4v) is 3.01. The summed E-state index contributed by atoms with van der Waals surface area (Å²) in [6.45, 7) is 0. The van der Waals surface area contributed by atoms with E-state index in [-0.39, 0.29) is 28.5 Å². The average molecular weight is 438 g/mol. The molecule has 0 fully saturated rings. The van der Waals surface area contributed by atoms with Gasteiger partial charge in [-0.3, -0.25) is 4.79 Å². The van der Waals surface area contributed by atoms with Crippen LogP contribution in [0.3, 0.4) is 0 Å². The third-order valence-corrected chi connectivity index (χ3v) is 4.84. The number of hydrogen-bond acceptors (Lipinski definition) is 6. The van der Waals surface area contributed by atoms with Gasteiger partial charge < -0.3 is 14.8 Å². The van der Waals surface area contributed by atoms with Gasteiger partial charge in [0.15, 0.2) is 0 Å². The molecule has 2 aromatic rings. The van der Waals surface area contributed by atoms with Gasteiger partial charge in [-0.25, -0.2) is 9.59 Å². The monoisotopic (exact) mass is 437 g/mol. The second-order valence-corrected chi connectivity index (χ2v) is 7.00. The van der Waals surface area contributed by atoms with Crippen molar-refractivity contribution in [3.8, 4) is 0 Å². The highest BCUT2D eigenvalue weighted by atomic mass is 79.9. The van der Waals surface area contributed by atoms with Crippen LogP contribution in [-0.4, -0.2) is 37.8 Å². The van der Waals surface area contributed by atoms with E-state index in [1.54, 1.807) is 0 Å². The number of rotatable bonds is 6. The summed E-state index contributed by atoms with van der Waals surface area (Å²) < 4.78 is 10.3. The first-order chi connectivity index (χ1) is 12.4. The standard InChI is InChI=1S/C18H16BrNO5S/c1-24-17(22)11-3-8-14(18(23)25-2)15(9-11)20-16(21)10-26-13-6-4-12(19)5-7-13/h3-9H,10H2,1-2H3,(H,20,21). The summed E-state index contributed by atoms with van der Waals surface area (Å²) in [7, 11) is 2.50. The van der Waals surface area contributed by atoms with Crippen molar-refractivity contribution in [1.82, 2.24) is 0 Å². The minimum absolute atomic E-state index is 0.144. The number of nitrogens with one attached hydrogen (secondary N) is 1. The van der Waals surface area contributed by atoms with Crippen molar-refractivity contribution in [2.75, 3.05) is 25.3 Å². The van der Waals surface area contributed by atoms with Crippen LogP contribution in [0.25, 0.3) is 0 Å². The van der Waals surface area contributed by atoms with Gasteiger partial charge in [0.25, 0.3) is 0 Å². The van der Waals surface area contributed by atoms with E-state index in [1.165, 1.54) is 44.2 Å². The van der Waals surface area contributed by atoms with Gasteiger partial charge in [-0.05, 0) is 42.5 Å². The van der Waals surface area contributed by atoms with Crippen molar-refractivity contribution in [2.45, 2.75) is 4.90 Å². The van der Waals surface area contributed by atoms with Crippen molar-refractivity contribution in [3.05, 3.63) is 58.1 Å². The molecule has 1 amide bonds. The molecule has 2 rings (SSSR count). The molecule has 0 atom stereocenters. The molecule has 0 aliphatic carbocycles. The molecule has 1 N–H and O–H groups in total. The largest absolute Gasteiger partial charge is 0.465 e. The van der Waals surface area contributed by atoms with Crippen molar-refractivity contribution >= 4 is 51.2 Å². The van der Waals surface area contributed by atoms with Crippen molar-refractivity contribution in [3.63, 3.8) is 0 Å². The number of amides is 1. The van der Waals surface area contributed by atoms with Gasteiger partial charge >= 0.3 is 11.9 Å². The summed E-state index contributed by atoms with van der Waals surface area (Å²) in [5.74, 6) is -1.35. The van der Waals surface area contributed by atoms with Crippen molar-refractivity contribution in [1.29, 1.82) is 0 Å². The minimum atomic E-state index is -0.614. The number of methoxy groups -OCH3 is 2. The maximum absolute atomic E-state index is 12.3. The second kappa shape index (κ2) is 9.40. The Balaban J connectivity index is 2.14. The Kier molecular flexibility index (Phi) is 7.23. The average Bonchev–Trinajstić information content (AvgIpc) is 2.66. The topological polar surface area (TPSA) is 81.7 Å². The van der Waals surface area contributed by atoms with Gasteiger partial charge in [0.2, 0.25) is 5.91 Å². The molecule has 0 saturated carbocycles. The molecule has 0 radical (unpaired) electrons. The molecule has 0 aliphatic heterocycles. The molecule has 0 bridgehead atoms. The molecular weight excluding hydrogens is 422 g/mol. The Morgan fingerprint density at radius 2 is 1.65 bits per heavy atom. The maximum atomic E-state index is 12.3. The zero-order valence-corrected chi connectivity index (χ0v) is 16.5. The normalized spacial score (nSPS) is 10.1. The highest BCUT2D eigenvalue weighted by molar-refractivity contribution is 9.10. The van der Waals surface area contributed by atoms with E-state index in [0.29, 0.717) is 0 Å². The Morgan fingerprint density at radius 1 is 1.00 bits per heavy atom. The molecule has 0 aliphatic rings. The van der Waals surface area contributed by atoms with Gasteiger partial charge in [-0.2, -0.15) is 0 Å². The van der Waals surface area contributed by atoms with Crippen molar-refractivity contribution < 1.29 is 23.9 Å². The fraction of sp³-hybridized carbons (Fsp3) is 0.167. The first-order valence-electron chi connectivity index (χ1n) is 7.43. The number of halogens is 1. The van der Waals surface area contributed by atoms with Crippen LogP contribution in [0.4, 0.5) is 5.69 Å². The minimum Gasteiger partial charge on any atom is -0.465 e. The van der Waals surface area contributed by atoms with Crippen LogP contribution in [0.15, 0.2) is 51.8 Å². The van der Waals surface area contributed by atoms with Crippen LogP contribution in [0.5, 0.6) is 0 Å². The zero-order chi connectivity index (χ0) is 19.1. The Labute approximate surface area is 163 Å². The van der Waals surface area contributed by atoms with Gasteiger partial charge in [0, 0.05) is 9.37 Å². The smallest absolute Gasteiger partial charge is 0.339 e. The van der Waals surface area contributed by atoms with Crippen LogP contribution in [0.1, 0.15) is 20.7 Å². The Bertz CT molecular complexity index is 823. The molecule has 6 nitrogen and oxygen atoms in total. The number of carbonyl (C=O) groups is 3. The number of anilines is 1. The lowest BCUT2D eigenvalue weighted by Gasteiger charge is -2.11. The molecular formula is C18H16BrNO5S. The summed E-state index contributed by atoms with van der Waals surface area (Å²) in [5, 5.41) is 2.65. The third kappa shape index (κ3) is 5.34. The van der Waals surface area contributed by atoms with E-state index < -0.39 is 11.9 Å². The quantitative estimate of drug-likeness (QED) is 0.547. The van der Waals surface area contributed by atoms with Crippen LogP contribution in [-0.2, 0) is 14.3 Å².